The lowest BCUT2D eigenvalue weighted by Crippen LogP contribution is -2.28. The maximum Gasteiger partial charge on any atom is 0.335 e. The molecule has 1 N–H and O–H groups in total. The summed E-state index contributed by atoms with van der Waals surface area (Å²) in [5.74, 6) is 0.169. The second-order valence-corrected chi connectivity index (χ2v) is 8.26. The van der Waals surface area contributed by atoms with Gasteiger partial charge in [0.05, 0.1) is 29.4 Å². The topological polar surface area (TPSA) is 88.4 Å². The molecule has 0 unspecified atom stereocenters. The van der Waals surface area contributed by atoms with Crippen LogP contribution in [-0.4, -0.2) is 46.8 Å². The Balaban J connectivity index is 1.88. The first kappa shape index (κ1) is 24.4. The number of carboxylic acid groups (broad SMARTS) is 1. The van der Waals surface area contributed by atoms with Crippen molar-refractivity contribution in [2.45, 2.75) is 33.6 Å². The van der Waals surface area contributed by atoms with E-state index in [1.54, 1.807) is 17.0 Å². The zero-order valence-electron chi connectivity index (χ0n) is 19.0. The zero-order chi connectivity index (χ0) is 23.8. The van der Waals surface area contributed by atoms with Crippen LogP contribution in [-0.2, 0) is 4.79 Å². The van der Waals surface area contributed by atoms with Gasteiger partial charge in [-0.1, -0.05) is 25.5 Å². The first-order valence-corrected chi connectivity index (χ1v) is 11.8. The smallest absolute Gasteiger partial charge is 0.335 e. The second kappa shape index (κ2) is 11.6. The summed E-state index contributed by atoms with van der Waals surface area (Å²) in [6.45, 7) is 7.49. The summed E-state index contributed by atoms with van der Waals surface area (Å²) in [5, 5.41) is 9.73. The molecule has 0 aliphatic carbocycles. The summed E-state index contributed by atoms with van der Waals surface area (Å²) < 4.78 is 11.6. The molecular weight excluding hydrogens is 440 g/mol. The molecule has 2 aromatic rings. The van der Waals surface area contributed by atoms with Crippen molar-refractivity contribution in [3.05, 3.63) is 58.5 Å². The Morgan fingerprint density at radius 3 is 2.64 bits per heavy atom. The van der Waals surface area contributed by atoms with Crippen molar-refractivity contribution in [1.82, 2.24) is 4.90 Å². The molecule has 3 rings (SSSR count). The molecular formula is C25H28N2O5S. The van der Waals surface area contributed by atoms with Gasteiger partial charge in [-0.15, -0.1) is 0 Å². The van der Waals surface area contributed by atoms with Gasteiger partial charge in [0.25, 0.3) is 5.91 Å². The Hall–Kier alpha value is -3.26. The highest BCUT2D eigenvalue weighted by molar-refractivity contribution is 8.18. The van der Waals surface area contributed by atoms with E-state index in [1.807, 2.05) is 38.1 Å². The van der Waals surface area contributed by atoms with Crippen LogP contribution >= 0.6 is 11.8 Å². The highest BCUT2D eigenvalue weighted by Gasteiger charge is 2.32. The van der Waals surface area contributed by atoms with Crippen molar-refractivity contribution in [3.8, 4) is 11.5 Å². The van der Waals surface area contributed by atoms with Crippen LogP contribution < -0.4 is 9.47 Å². The molecule has 0 spiro atoms. The number of amides is 1. The van der Waals surface area contributed by atoms with Gasteiger partial charge in [-0.2, -0.15) is 0 Å². The normalized spacial score (nSPS) is 16.0. The molecule has 1 heterocycles. The van der Waals surface area contributed by atoms with Gasteiger partial charge in [-0.25, -0.2) is 9.79 Å². The number of rotatable bonds is 10. The minimum atomic E-state index is -1.02. The van der Waals surface area contributed by atoms with E-state index >= 15 is 0 Å². The summed E-state index contributed by atoms with van der Waals surface area (Å²) >= 11 is 1.26. The highest BCUT2D eigenvalue weighted by Crippen LogP contribution is 2.36. The number of nitrogens with zero attached hydrogens (tertiary/aromatic N) is 2. The van der Waals surface area contributed by atoms with E-state index in [-0.39, 0.29) is 11.5 Å². The first-order chi connectivity index (χ1) is 16.0. The minimum Gasteiger partial charge on any atom is -0.490 e. The van der Waals surface area contributed by atoms with Crippen molar-refractivity contribution in [2.75, 3.05) is 19.8 Å². The van der Waals surface area contributed by atoms with Crippen LogP contribution in [0.5, 0.6) is 11.5 Å². The van der Waals surface area contributed by atoms with Crippen LogP contribution in [0, 0.1) is 0 Å². The monoisotopic (exact) mass is 468 g/mol. The van der Waals surface area contributed by atoms with E-state index in [2.05, 4.69) is 11.9 Å². The predicted molar refractivity (Wildman–Crippen MR) is 131 cm³/mol. The van der Waals surface area contributed by atoms with E-state index in [0.29, 0.717) is 47.0 Å². The fraction of sp³-hybridized carbons (Fsp3) is 0.320. The lowest BCUT2D eigenvalue weighted by atomic mass is 10.2. The molecule has 33 heavy (non-hydrogen) atoms. The maximum atomic E-state index is 13.0. The molecule has 0 aromatic heterocycles. The SMILES string of the molecule is CCCCOc1ccc(/C=C2/SC(=Nc3cccc(C(=O)O)c3)N(CC)C2=O)cc1OCC. The Kier molecular flexibility index (Phi) is 8.54. The molecule has 2 aromatic carbocycles. The zero-order valence-corrected chi connectivity index (χ0v) is 19.9. The number of thioether (sulfide) groups is 1. The Morgan fingerprint density at radius 1 is 1.12 bits per heavy atom. The quantitative estimate of drug-likeness (QED) is 0.361. The summed E-state index contributed by atoms with van der Waals surface area (Å²) in [5.41, 5.74) is 1.45. The molecule has 1 aliphatic heterocycles. The van der Waals surface area contributed by atoms with E-state index < -0.39 is 5.97 Å². The molecule has 1 saturated heterocycles. The Labute approximate surface area is 198 Å². The third-order valence-corrected chi connectivity index (χ3v) is 5.85. The van der Waals surface area contributed by atoms with E-state index in [0.717, 1.165) is 18.4 Å². The first-order valence-electron chi connectivity index (χ1n) is 11.0. The average Bonchev–Trinajstić information content (AvgIpc) is 3.09. The Morgan fingerprint density at radius 2 is 1.94 bits per heavy atom. The maximum absolute atomic E-state index is 13.0. The number of aromatic carboxylic acids is 1. The lowest BCUT2D eigenvalue weighted by molar-refractivity contribution is -0.122. The minimum absolute atomic E-state index is 0.142. The molecule has 8 heteroatoms. The number of amidine groups is 1. The third-order valence-electron chi connectivity index (χ3n) is 4.84. The number of hydrogen-bond donors (Lipinski definition) is 1. The van der Waals surface area contributed by atoms with E-state index in [4.69, 9.17) is 9.47 Å². The van der Waals surface area contributed by atoms with Crippen LogP contribution in [0.15, 0.2) is 52.4 Å². The number of aliphatic imine (C=N–C) groups is 1. The molecule has 1 fully saturated rings. The van der Waals surface area contributed by atoms with Gasteiger partial charge in [0.1, 0.15) is 0 Å². The predicted octanol–water partition coefficient (Wildman–Crippen LogP) is 5.59. The van der Waals surface area contributed by atoms with Gasteiger partial charge in [0.2, 0.25) is 0 Å². The largest absolute Gasteiger partial charge is 0.490 e. The molecule has 7 nitrogen and oxygen atoms in total. The Bertz CT molecular complexity index is 1080. The van der Waals surface area contributed by atoms with E-state index in [9.17, 15) is 14.7 Å². The van der Waals surface area contributed by atoms with Gasteiger partial charge in [-0.05, 0) is 74.0 Å². The lowest BCUT2D eigenvalue weighted by Gasteiger charge is -2.13. The number of carbonyl (C=O) groups is 2. The number of carbonyl (C=O) groups excluding carboxylic acids is 1. The molecule has 174 valence electrons. The summed E-state index contributed by atoms with van der Waals surface area (Å²) in [6, 6.07) is 12.0. The molecule has 1 aliphatic rings. The van der Waals surface area contributed by atoms with Crippen molar-refractivity contribution in [2.24, 2.45) is 4.99 Å². The average molecular weight is 469 g/mol. The molecule has 1 amide bonds. The highest BCUT2D eigenvalue weighted by atomic mass is 32.2. The molecule has 0 atom stereocenters. The molecule has 0 saturated carbocycles. The fourth-order valence-corrected chi connectivity index (χ4v) is 4.23. The molecule has 0 bridgehead atoms. The van der Waals surface area contributed by atoms with Crippen LogP contribution in [0.25, 0.3) is 6.08 Å². The van der Waals surface area contributed by atoms with Crippen LogP contribution in [0.2, 0.25) is 0 Å². The van der Waals surface area contributed by atoms with Crippen LogP contribution in [0.4, 0.5) is 5.69 Å². The number of likely N-dealkylation sites (N-methyl/N-ethyl adjacent to an activating group) is 1. The number of hydrogen-bond acceptors (Lipinski definition) is 6. The number of unbranched alkanes of at least 4 members (excludes halogenated alkanes) is 1. The standard InChI is InChI=1S/C25H28N2O5S/c1-4-7-13-32-20-12-11-17(14-21(20)31-6-3)15-22-23(28)27(5-2)25(33-22)26-19-10-8-9-18(16-19)24(29)30/h8-12,14-16H,4-7,13H2,1-3H3,(H,29,30)/b22-15+,26-25?. The van der Waals surface area contributed by atoms with Gasteiger partial charge in [0, 0.05) is 6.54 Å². The summed E-state index contributed by atoms with van der Waals surface area (Å²) in [6.07, 6.45) is 3.82. The molecule has 0 radical (unpaired) electrons. The van der Waals surface area contributed by atoms with Crippen molar-refractivity contribution >= 4 is 40.6 Å². The summed E-state index contributed by atoms with van der Waals surface area (Å²) in [4.78, 5) is 30.9. The van der Waals surface area contributed by atoms with Gasteiger partial charge >= 0.3 is 5.97 Å². The van der Waals surface area contributed by atoms with Crippen molar-refractivity contribution in [1.29, 1.82) is 0 Å². The fourth-order valence-electron chi connectivity index (χ4n) is 3.17. The number of ether oxygens (including phenoxy) is 2. The van der Waals surface area contributed by atoms with Gasteiger partial charge in [0.15, 0.2) is 16.7 Å². The third kappa shape index (κ3) is 6.16. The van der Waals surface area contributed by atoms with E-state index in [1.165, 1.54) is 23.9 Å². The van der Waals surface area contributed by atoms with Gasteiger partial charge < -0.3 is 14.6 Å². The number of benzene rings is 2. The van der Waals surface area contributed by atoms with Crippen LogP contribution in [0.3, 0.4) is 0 Å². The van der Waals surface area contributed by atoms with Gasteiger partial charge in [-0.3, -0.25) is 9.69 Å². The second-order valence-electron chi connectivity index (χ2n) is 7.25. The van der Waals surface area contributed by atoms with Crippen LogP contribution in [0.1, 0.15) is 49.5 Å². The van der Waals surface area contributed by atoms with Crippen molar-refractivity contribution < 1.29 is 24.2 Å². The summed E-state index contributed by atoms with van der Waals surface area (Å²) in [7, 11) is 0. The van der Waals surface area contributed by atoms with Crippen molar-refractivity contribution in [3.63, 3.8) is 0 Å². The number of carboxylic acids is 1.